The second kappa shape index (κ2) is 12.7. The normalized spacial score (nSPS) is 39.3. The largest absolute Gasteiger partial charge is 0.462 e. The molecule has 224 valence electrons. The minimum absolute atomic E-state index is 0.0186. The summed E-state index contributed by atoms with van der Waals surface area (Å²) in [5, 5.41) is 11.8. The van der Waals surface area contributed by atoms with E-state index in [1.54, 1.807) is 13.0 Å². The van der Waals surface area contributed by atoms with Crippen LogP contribution in [-0.2, 0) is 28.6 Å². The van der Waals surface area contributed by atoms with Gasteiger partial charge in [-0.15, -0.1) is 0 Å². The van der Waals surface area contributed by atoms with Crippen LogP contribution in [0.4, 0.5) is 0 Å². The quantitative estimate of drug-likeness (QED) is 0.253. The predicted molar refractivity (Wildman–Crippen MR) is 157 cm³/mol. The van der Waals surface area contributed by atoms with Gasteiger partial charge in [0.1, 0.15) is 23.9 Å². The maximum atomic E-state index is 13.8. The number of hydrogen-bond donors (Lipinski definition) is 1. The first kappa shape index (κ1) is 31.3. The zero-order valence-electron chi connectivity index (χ0n) is 25.4. The lowest BCUT2D eigenvalue weighted by Crippen LogP contribution is -2.55. The Morgan fingerprint density at radius 1 is 1.15 bits per heavy atom. The second-order valence-corrected chi connectivity index (χ2v) is 12.7. The molecule has 1 N–H and O–H groups in total. The van der Waals surface area contributed by atoms with Crippen molar-refractivity contribution in [1.29, 1.82) is 0 Å². The van der Waals surface area contributed by atoms with Crippen molar-refractivity contribution in [3.8, 4) is 0 Å². The number of allylic oxidation sites excluding steroid dienone is 6. The van der Waals surface area contributed by atoms with E-state index < -0.39 is 29.4 Å². The van der Waals surface area contributed by atoms with Crippen molar-refractivity contribution in [2.24, 2.45) is 17.8 Å². The van der Waals surface area contributed by atoms with E-state index >= 15 is 0 Å². The van der Waals surface area contributed by atoms with Crippen molar-refractivity contribution in [1.82, 2.24) is 0 Å². The summed E-state index contributed by atoms with van der Waals surface area (Å²) in [5.74, 6) is -2.54. The summed E-state index contributed by atoms with van der Waals surface area (Å²) in [6, 6.07) is 0. The first-order valence-corrected chi connectivity index (χ1v) is 15.0. The lowest BCUT2D eigenvalue weighted by molar-refractivity contribution is -0.329. The molecule has 0 aromatic carbocycles. The molecule has 0 saturated carbocycles. The molecule has 0 aromatic heterocycles. The molecule has 41 heavy (non-hydrogen) atoms. The summed E-state index contributed by atoms with van der Waals surface area (Å²) in [5.41, 5.74) is 0.715. The van der Waals surface area contributed by atoms with Gasteiger partial charge in [-0.3, -0.25) is 14.4 Å². The third-order valence-electron chi connectivity index (χ3n) is 9.24. The third-order valence-corrected chi connectivity index (χ3v) is 9.24. The molecule has 8 atom stereocenters. The molecular formula is C34H46O7. The first-order chi connectivity index (χ1) is 19.4. The van der Waals surface area contributed by atoms with Crippen LogP contribution in [0, 0.1) is 17.8 Å². The fourth-order valence-electron chi connectivity index (χ4n) is 6.69. The van der Waals surface area contributed by atoms with Gasteiger partial charge in [-0.2, -0.15) is 0 Å². The fourth-order valence-corrected chi connectivity index (χ4v) is 6.69. The van der Waals surface area contributed by atoms with Crippen molar-refractivity contribution < 1.29 is 33.7 Å². The van der Waals surface area contributed by atoms with Gasteiger partial charge in [0.25, 0.3) is 0 Å². The summed E-state index contributed by atoms with van der Waals surface area (Å²) < 4.78 is 19.6. The van der Waals surface area contributed by atoms with Gasteiger partial charge >= 0.3 is 5.97 Å². The molecule has 3 aliphatic heterocycles. The molecule has 4 rings (SSSR count). The number of Topliss-reactive ketones (excluding diaryl/α,β-unsaturated/α-hetero) is 1. The molecular weight excluding hydrogens is 520 g/mol. The summed E-state index contributed by atoms with van der Waals surface area (Å²) >= 11 is 0. The Labute approximate surface area is 244 Å². The molecule has 0 aromatic rings. The third kappa shape index (κ3) is 6.90. The minimum atomic E-state index is -2.00. The number of aldehydes is 1. The maximum Gasteiger partial charge on any atom is 0.316 e. The smallest absolute Gasteiger partial charge is 0.316 e. The number of hydrogen-bond acceptors (Lipinski definition) is 7. The molecule has 1 spiro atoms. The van der Waals surface area contributed by atoms with Crippen molar-refractivity contribution in [3.05, 3.63) is 58.7 Å². The van der Waals surface area contributed by atoms with Crippen LogP contribution in [0.2, 0.25) is 0 Å². The van der Waals surface area contributed by atoms with Gasteiger partial charge < -0.3 is 19.3 Å². The molecule has 7 nitrogen and oxygen atoms in total. The van der Waals surface area contributed by atoms with Crippen LogP contribution in [-0.4, -0.2) is 52.8 Å². The van der Waals surface area contributed by atoms with E-state index in [1.165, 1.54) is 17.7 Å². The fraction of sp³-hybridized carbons (Fsp3) is 0.618. The Kier molecular flexibility index (Phi) is 9.72. The summed E-state index contributed by atoms with van der Waals surface area (Å²) in [4.78, 5) is 38.7. The number of esters is 1. The molecule has 7 heteroatoms. The molecule has 8 unspecified atom stereocenters. The van der Waals surface area contributed by atoms with Crippen molar-refractivity contribution >= 4 is 18.0 Å². The molecule has 2 fully saturated rings. The minimum Gasteiger partial charge on any atom is -0.462 e. The van der Waals surface area contributed by atoms with E-state index in [9.17, 15) is 19.5 Å². The highest BCUT2D eigenvalue weighted by molar-refractivity contribution is 6.00. The summed E-state index contributed by atoms with van der Waals surface area (Å²) in [6.07, 6.45) is 14.2. The number of carbonyl (C=O) groups excluding carboxylic acids is 3. The van der Waals surface area contributed by atoms with Gasteiger partial charge in [0.05, 0.1) is 12.2 Å². The number of ether oxygens (including phenoxy) is 3. The molecule has 2 bridgehead atoms. The van der Waals surface area contributed by atoms with E-state index in [4.69, 9.17) is 14.2 Å². The highest BCUT2D eigenvalue weighted by Gasteiger charge is 2.52. The van der Waals surface area contributed by atoms with Gasteiger partial charge in [0.15, 0.2) is 11.6 Å². The predicted octanol–water partition coefficient (Wildman–Crippen LogP) is 5.88. The van der Waals surface area contributed by atoms with E-state index in [1.807, 2.05) is 13.0 Å². The molecule has 4 aliphatic rings. The highest BCUT2D eigenvalue weighted by atomic mass is 16.7. The van der Waals surface area contributed by atoms with Gasteiger partial charge in [0, 0.05) is 31.3 Å². The topological polar surface area (TPSA) is 99.1 Å². The van der Waals surface area contributed by atoms with E-state index in [2.05, 4.69) is 39.8 Å². The zero-order chi connectivity index (χ0) is 29.9. The number of ketones is 1. The number of aliphatic hydroxyl groups is 1. The van der Waals surface area contributed by atoms with Crippen molar-refractivity contribution in [2.45, 2.75) is 116 Å². The second-order valence-electron chi connectivity index (χ2n) is 12.7. The van der Waals surface area contributed by atoms with Crippen LogP contribution in [0.5, 0.6) is 0 Å². The molecule has 0 amide bonds. The number of rotatable bonds is 2. The van der Waals surface area contributed by atoms with E-state index in [0.717, 1.165) is 18.4 Å². The molecule has 1 aliphatic carbocycles. The first-order valence-electron chi connectivity index (χ1n) is 15.0. The van der Waals surface area contributed by atoms with Crippen LogP contribution in [0.1, 0.15) is 86.5 Å². The summed E-state index contributed by atoms with van der Waals surface area (Å²) in [6.45, 7) is 12.1. The Bertz CT molecular complexity index is 1190. The monoisotopic (exact) mass is 566 g/mol. The van der Waals surface area contributed by atoms with Crippen LogP contribution in [0.15, 0.2) is 58.7 Å². The standard InChI is InChI=1S/C34H46O7/c1-7-23(4)31-24(5)13-14-33(41-31)18-28-17-27(40-33)12-11-22(3)15-21(2)9-8-10-26(20-35)34(38)19-30(36)25(6)16-29(34)32(37)39-28/h7-11,16,20-21,24,27-29,31,38H,12-15,17-19H2,1-6H3. The van der Waals surface area contributed by atoms with Crippen LogP contribution >= 0.6 is 0 Å². The maximum absolute atomic E-state index is 13.8. The van der Waals surface area contributed by atoms with Gasteiger partial charge in [-0.1, -0.05) is 55.9 Å². The Morgan fingerprint density at radius 3 is 2.61 bits per heavy atom. The van der Waals surface area contributed by atoms with E-state index in [-0.39, 0.29) is 35.9 Å². The van der Waals surface area contributed by atoms with Gasteiger partial charge in [0.2, 0.25) is 0 Å². The Hall–Kier alpha value is -2.61. The molecule has 3 heterocycles. The number of fused-ring (bicyclic) bond motifs is 3. The SMILES string of the molecule is CC=C(C)C1OC2(CCC1C)CC1CC(CC=C(C)CC(C)C=CC=C(C=O)C3(O)CC(=O)C(C)=CC3C(=O)O1)O2. The van der Waals surface area contributed by atoms with Crippen LogP contribution < -0.4 is 0 Å². The van der Waals surface area contributed by atoms with Gasteiger partial charge in [-0.05, 0) is 69.9 Å². The zero-order valence-corrected chi connectivity index (χ0v) is 25.4. The Balaban J connectivity index is 1.74. The average molecular weight is 567 g/mol. The lowest BCUT2D eigenvalue weighted by Gasteiger charge is -2.50. The van der Waals surface area contributed by atoms with Gasteiger partial charge in [-0.25, -0.2) is 0 Å². The van der Waals surface area contributed by atoms with Crippen LogP contribution in [0.3, 0.4) is 0 Å². The Morgan fingerprint density at radius 2 is 1.90 bits per heavy atom. The summed E-state index contributed by atoms with van der Waals surface area (Å²) in [7, 11) is 0. The van der Waals surface area contributed by atoms with Crippen molar-refractivity contribution in [3.63, 3.8) is 0 Å². The van der Waals surface area contributed by atoms with Crippen LogP contribution in [0.25, 0.3) is 0 Å². The van der Waals surface area contributed by atoms with E-state index in [0.29, 0.717) is 43.5 Å². The molecule has 0 radical (unpaired) electrons. The average Bonchev–Trinajstić information content (AvgIpc) is 2.92. The highest BCUT2D eigenvalue weighted by Crippen LogP contribution is 2.45. The number of carbonyl (C=O) groups is 3. The molecule has 2 saturated heterocycles. The van der Waals surface area contributed by atoms with Crippen molar-refractivity contribution in [2.75, 3.05) is 0 Å². The lowest BCUT2D eigenvalue weighted by atomic mass is 9.72.